The maximum absolute atomic E-state index is 13.1. The van der Waals surface area contributed by atoms with Crippen LogP contribution in [0.15, 0.2) is 30.3 Å². The van der Waals surface area contributed by atoms with Gasteiger partial charge in [0.05, 0.1) is 32.7 Å². The van der Waals surface area contributed by atoms with E-state index in [1.807, 2.05) is 24.8 Å². The minimum absolute atomic E-state index is 0.0450. The zero-order valence-electron chi connectivity index (χ0n) is 41.3. The Morgan fingerprint density at radius 2 is 0.926 bits per heavy atom. The van der Waals surface area contributed by atoms with Gasteiger partial charge in [-0.3, -0.25) is 43.2 Å². The zero-order chi connectivity index (χ0) is 50.2. The molecule has 19 nitrogen and oxygen atoms in total. The molecule has 0 saturated carbocycles. The summed E-state index contributed by atoms with van der Waals surface area (Å²) in [5.74, 6) is -5.58. The first kappa shape index (κ1) is 60.4. The van der Waals surface area contributed by atoms with Gasteiger partial charge in [0.2, 0.25) is 47.3 Å². The Morgan fingerprint density at radius 1 is 0.500 bits per heavy atom. The van der Waals surface area contributed by atoms with E-state index in [0.717, 1.165) is 44.1 Å². The minimum atomic E-state index is -1.05. The Balaban J connectivity index is 2.36. The van der Waals surface area contributed by atoms with Crippen LogP contribution in [-0.2, 0) is 59.2 Å². The lowest BCUT2D eigenvalue weighted by Crippen LogP contribution is -2.52. The smallest absolute Gasteiger partial charge is 0.325 e. The van der Waals surface area contributed by atoms with Crippen LogP contribution in [0.1, 0.15) is 142 Å². The Labute approximate surface area is 403 Å². The summed E-state index contributed by atoms with van der Waals surface area (Å²) >= 11 is 0. The van der Waals surface area contributed by atoms with Gasteiger partial charge in [-0.15, -0.1) is 0 Å². The van der Waals surface area contributed by atoms with Crippen LogP contribution in [0.25, 0.3) is 0 Å². The second kappa shape index (κ2) is 39.4. The fraction of sp³-hybridized carbons (Fsp3) is 0.694. The molecule has 0 fully saturated rings. The third-order valence-corrected chi connectivity index (χ3v) is 10.6. The Kier molecular flexibility index (Phi) is 35.0. The van der Waals surface area contributed by atoms with Gasteiger partial charge in [-0.05, 0) is 30.7 Å². The second-order valence-corrected chi connectivity index (χ2v) is 17.3. The average molecular weight is 959 g/mol. The number of nitrogens with zero attached hydrogens (tertiary/aromatic N) is 1. The molecule has 0 aliphatic rings. The van der Waals surface area contributed by atoms with Gasteiger partial charge >= 0.3 is 5.97 Å². The number of carbonyl (C=O) groups excluding carboxylic acids is 9. The van der Waals surface area contributed by atoms with Crippen molar-refractivity contribution >= 4 is 53.2 Å². The van der Waals surface area contributed by atoms with Crippen molar-refractivity contribution in [3.05, 3.63) is 35.9 Å². The summed E-state index contributed by atoms with van der Waals surface area (Å²) in [6.45, 7) is 5.91. The van der Waals surface area contributed by atoms with E-state index in [4.69, 9.17) is 9.47 Å². The number of esters is 1. The van der Waals surface area contributed by atoms with Crippen molar-refractivity contribution in [3.8, 4) is 0 Å². The first-order chi connectivity index (χ1) is 32.7. The molecule has 7 N–H and O–H groups in total. The summed E-state index contributed by atoms with van der Waals surface area (Å²) in [4.78, 5) is 114. The van der Waals surface area contributed by atoms with Crippen LogP contribution >= 0.6 is 0 Å². The highest BCUT2D eigenvalue weighted by molar-refractivity contribution is 5.94. The van der Waals surface area contributed by atoms with Gasteiger partial charge in [0, 0.05) is 13.1 Å². The van der Waals surface area contributed by atoms with Crippen molar-refractivity contribution in [1.29, 1.82) is 0 Å². The lowest BCUT2D eigenvalue weighted by Gasteiger charge is -2.23. The quantitative estimate of drug-likeness (QED) is 0.0372. The summed E-state index contributed by atoms with van der Waals surface area (Å²) in [5, 5.41) is 16.7. The van der Waals surface area contributed by atoms with E-state index in [-0.39, 0.29) is 31.5 Å². The Bertz CT molecular complexity index is 1630. The summed E-state index contributed by atoms with van der Waals surface area (Å²) in [7, 11) is 0. The summed E-state index contributed by atoms with van der Waals surface area (Å²) in [5.41, 5.74) is 0.784. The normalized spacial score (nSPS) is 11.2. The Morgan fingerprint density at radius 3 is 1.41 bits per heavy atom. The van der Waals surface area contributed by atoms with Crippen molar-refractivity contribution in [3.63, 3.8) is 0 Å². The molecule has 1 aromatic carbocycles. The van der Waals surface area contributed by atoms with Crippen molar-refractivity contribution < 1.29 is 52.6 Å². The van der Waals surface area contributed by atoms with Gasteiger partial charge in [-0.1, -0.05) is 148 Å². The van der Waals surface area contributed by atoms with Crippen LogP contribution in [0.2, 0.25) is 0 Å². The maximum Gasteiger partial charge on any atom is 0.325 e. The van der Waals surface area contributed by atoms with Gasteiger partial charge < -0.3 is 51.6 Å². The lowest BCUT2D eigenvalue weighted by atomic mass is 10.0. The molecular weight excluding hydrogens is 877 g/mol. The monoisotopic (exact) mass is 959 g/mol. The number of unbranched alkanes of at least 4 members (excludes halogenated alkanes) is 14. The fourth-order valence-electron chi connectivity index (χ4n) is 6.77. The largest absolute Gasteiger partial charge is 0.460 e. The predicted molar refractivity (Wildman–Crippen MR) is 258 cm³/mol. The van der Waals surface area contributed by atoms with Gasteiger partial charge in [-0.2, -0.15) is 0 Å². The number of hydrogen-bond donors (Lipinski definition) is 7. The van der Waals surface area contributed by atoms with Crippen LogP contribution in [0, 0.1) is 5.92 Å². The fourth-order valence-corrected chi connectivity index (χ4v) is 6.77. The van der Waals surface area contributed by atoms with Crippen molar-refractivity contribution in [2.24, 2.45) is 5.92 Å². The highest BCUT2D eigenvalue weighted by Crippen LogP contribution is 2.12. The molecule has 1 atom stereocenters. The van der Waals surface area contributed by atoms with Crippen molar-refractivity contribution in [2.45, 2.75) is 149 Å². The van der Waals surface area contributed by atoms with Crippen LogP contribution < -0.4 is 37.2 Å². The number of ether oxygens (including phenoxy) is 2. The van der Waals surface area contributed by atoms with Crippen molar-refractivity contribution in [1.82, 2.24) is 42.1 Å². The second-order valence-electron chi connectivity index (χ2n) is 17.3. The number of nitrogens with one attached hydrogen (secondary N) is 7. The lowest BCUT2D eigenvalue weighted by molar-refractivity contribution is -0.145. The van der Waals surface area contributed by atoms with E-state index < -0.39 is 99.2 Å². The number of carbonyl (C=O) groups is 9. The number of amides is 8. The van der Waals surface area contributed by atoms with Crippen molar-refractivity contribution in [2.75, 3.05) is 65.6 Å². The standard InChI is InChI=1S/C49H82N8O11/c1-5-7-9-11-13-15-17-22-26-57(27-23-18-16-14-12-10-8-6-2)47(64)37-67-36-46(63)53-31-42(59)50-29-41(58)52-33-45(62)56-40(28-38(3)4)49(66)55-32-44(61)51-30-43(60)54-34-48(65)68-35-39-24-20-19-21-25-39/h19-21,24-25,38,40H,5-18,22-23,26-37H2,1-4H3,(H,50,59)(H,51,61)(H,52,58)(H,53,63)(H,54,60)(H,55,66)(H,56,62)/t40-/m0/s1. The SMILES string of the molecule is CCCCCCCCCCN(CCCCCCCCCC)C(=O)COCC(=O)NCC(=O)NCC(=O)NCC(=O)N[C@@H](CC(C)C)C(=O)NCC(=O)NCC(=O)NCC(=O)OCc1ccccc1. The van der Waals surface area contributed by atoms with Crippen LogP contribution in [0.3, 0.4) is 0 Å². The Hall–Kier alpha value is -5.59. The molecule has 19 heteroatoms. The van der Waals surface area contributed by atoms with E-state index in [2.05, 4.69) is 51.1 Å². The molecule has 0 aromatic heterocycles. The van der Waals surface area contributed by atoms with E-state index in [9.17, 15) is 43.2 Å². The van der Waals surface area contributed by atoms with E-state index in [1.54, 1.807) is 24.3 Å². The summed E-state index contributed by atoms with van der Waals surface area (Å²) in [6.07, 6.45) is 18.9. The number of rotatable bonds is 40. The zero-order valence-corrected chi connectivity index (χ0v) is 41.3. The van der Waals surface area contributed by atoms with E-state index >= 15 is 0 Å². The molecule has 384 valence electrons. The predicted octanol–water partition coefficient (Wildman–Crippen LogP) is 3.08. The van der Waals surface area contributed by atoms with Crippen LogP contribution in [0.5, 0.6) is 0 Å². The molecule has 0 heterocycles. The molecule has 1 rings (SSSR count). The number of hydrogen-bond acceptors (Lipinski definition) is 11. The molecule has 0 spiro atoms. The third kappa shape index (κ3) is 33.8. The molecule has 0 aliphatic heterocycles. The molecule has 0 unspecified atom stereocenters. The van der Waals surface area contributed by atoms with Gasteiger partial charge in [0.1, 0.15) is 32.4 Å². The van der Waals surface area contributed by atoms with Gasteiger partial charge in [0.25, 0.3) is 0 Å². The molecule has 0 aliphatic carbocycles. The topological polar surface area (TPSA) is 260 Å². The van der Waals surface area contributed by atoms with Gasteiger partial charge in [0.15, 0.2) is 0 Å². The molecule has 0 saturated heterocycles. The van der Waals surface area contributed by atoms with Gasteiger partial charge in [-0.25, -0.2) is 0 Å². The maximum atomic E-state index is 13.1. The molecule has 8 amide bonds. The first-order valence-electron chi connectivity index (χ1n) is 24.7. The summed E-state index contributed by atoms with van der Waals surface area (Å²) < 4.78 is 10.5. The molecule has 0 bridgehead atoms. The molecular formula is C49H82N8O11. The minimum Gasteiger partial charge on any atom is -0.460 e. The first-order valence-corrected chi connectivity index (χ1v) is 24.7. The number of benzene rings is 1. The highest BCUT2D eigenvalue weighted by atomic mass is 16.5. The summed E-state index contributed by atoms with van der Waals surface area (Å²) in [6, 6.07) is 7.94. The third-order valence-electron chi connectivity index (χ3n) is 10.6. The van der Waals surface area contributed by atoms with Crippen LogP contribution in [-0.4, -0.2) is 130 Å². The van der Waals surface area contributed by atoms with Crippen LogP contribution in [0.4, 0.5) is 0 Å². The molecule has 1 aromatic rings. The average Bonchev–Trinajstić information content (AvgIpc) is 3.32. The molecule has 0 radical (unpaired) electrons. The van der Waals surface area contributed by atoms with E-state index in [0.29, 0.717) is 13.1 Å². The van der Waals surface area contributed by atoms with E-state index in [1.165, 1.54) is 64.2 Å². The molecule has 68 heavy (non-hydrogen) atoms. The highest BCUT2D eigenvalue weighted by Gasteiger charge is 2.23.